The first-order valence-corrected chi connectivity index (χ1v) is 7.93. The molecule has 0 aromatic heterocycles. The predicted octanol–water partition coefficient (Wildman–Crippen LogP) is 4.63. The molecule has 0 radical (unpaired) electrons. The van der Waals surface area contributed by atoms with Gasteiger partial charge in [-0.1, -0.05) is 78.9 Å². The number of rotatable bonds is 3. The molecule has 112 valence electrons. The average Bonchev–Trinajstić information content (AvgIpc) is 2.57. The Morgan fingerprint density at radius 1 is 0.545 bits per heavy atom. The van der Waals surface area contributed by atoms with Crippen LogP contribution < -0.4 is 4.52 Å². The summed E-state index contributed by atoms with van der Waals surface area (Å²) in [7, 11) is -2.28. The molecule has 4 heteroatoms. The zero-order valence-electron chi connectivity index (χ0n) is 11.9. The molecule has 0 atom stereocenters. The van der Waals surface area contributed by atoms with Crippen LogP contribution in [0.1, 0.15) is 0 Å². The highest BCUT2D eigenvalue weighted by Crippen LogP contribution is 2.27. The molecule has 2 N–H and O–H groups in total. The summed E-state index contributed by atoms with van der Waals surface area (Å²) >= 11 is 0. The van der Waals surface area contributed by atoms with Crippen LogP contribution in [0.3, 0.4) is 0 Å². The highest BCUT2D eigenvalue weighted by atomic mass is 31.2. The summed E-state index contributed by atoms with van der Waals surface area (Å²) in [6.45, 7) is 0. The summed E-state index contributed by atoms with van der Waals surface area (Å²) in [4.78, 5) is 16.8. The van der Waals surface area contributed by atoms with Gasteiger partial charge in [0.1, 0.15) is 5.75 Å². The minimum absolute atomic E-state index is 0.471. The molecule has 3 rings (SSSR count). The van der Waals surface area contributed by atoms with Gasteiger partial charge in [-0.2, -0.15) is 0 Å². The Hall–Kier alpha value is -2.19. The molecule has 3 nitrogen and oxygen atoms in total. The van der Waals surface area contributed by atoms with E-state index >= 15 is 0 Å². The molecule has 0 saturated carbocycles. The monoisotopic (exact) mass is 312 g/mol. The van der Waals surface area contributed by atoms with Gasteiger partial charge < -0.3 is 14.3 Å². The van der Waals surface area contributed by atoms with Crippen LogP contribution in [0.4, 0.5) is 0 Å². The van der Waals surface area contributed by atoms with Crippen LogP contribution in [-0.4, -0.2) is 9.79 Å². The van der Waals surface area contributed by atoms with Crippen LogP contribution in [0, 0.1) is 0 Å². The normalized spacial score (nSPS) is 9.77. The highest BCUT2D eigenvalue weighted by Gasteiger charge is 1.99. The van der Waals surface area contributed by atoms with Gasteiger partial charge in [-0.3, -0.25) is 0 Å². The Kier molecular flexibility index (Phi) is 6.59. The van der Waals surface area contributed by atoms with E-state index in [-0.39, 0.29) is 0 Å². The Bertz CT molecular complexity index is 605. The van der Waals surface area contributed by atoms with E-state index in [1.807, 2.05) is 18.2 Å². The largest absolute Gasteiger partial charge is 0.427 e. The maximum atomic E-state index is 8.40. The fraction of sp³-hybridized carbons (Fsp3) is 0. The molecule has 0 saturated heterocycles. The Balaban J connectivity index is 0.000000164. The fourth-order valence-corrected chi connectivity index (χ4v) is 2.15. The van der Waals surface area contributed by atoms with Gasteiger partial charge in [0.25, 0.3) is 0 Å². The minimum atomic E-state index is -2.28. The third kappa shape index (κ3) is 5.66. The van der Waals surface area contributed by atoms with Gasteiger partial charge in [0.15, 0.2) is 0 Å². The van der Waals surface area contributed by atoms with Gasteiger partial charge in [0, 0.05) is 0 Å². The van der Waals surface area contributed by atoms with E-state index < -0.39 is 8.60 Å². The van der Waals surface area contributed by atoms with Gasteiger partial charge in [-0.25, -0.2) is 0 Å². The predicted molar refractivity (Wildman–Crippen MR) is 90.3 cm³/mol. The molecule has 0 fully saturated rings. The van der Waals surface area contributed by atoms with Gasteiger partial charge in [-0.15, -0.1) is 0 Å². The Morgan fingerprint density at radius 3 is 1.27 bits per heavy atom. The first-order chi connectivity index (χ1) is 10.8. The first kappa shape index (κ1) is 16.2. The van der Waals surface area contributed by atoms with E-state index in [0.717, 1.165) is 0 Å². The van der Waals surface area contributed by atoms with Crippen molar-refractivity contribution in [3.63, 3.8) is 0 Å². The zero-order valence-corrected chi connectivity index (χ0v) is 12.8. The van der Waals surface area contributed by atoms with E-state index in [9.17, 15) is 0 Å². The van der Waals surface area contributed by atoms with Crippen molar-refractivity contribution in [3.8, 4) is 16.9 Å². The zero-order chi connectivity index (χ0) is 15.6. The molecule has 0 heterocycles. The van der Waals surface area contributed by atoms with Crippen LogP contribution in [-0.2, 0) is 0 Å². The fourth-order valence-electron chi connectivity index (χ4n) is 1.84. The van der Waals surface area contributed by atoms with Crippen molar-refractivity contribution in [2.24, 2.45) is 0 Å². The minimum Gasteiger partial charge on any atom is -0.427 e. The summed E-state index contributed by atoms with van der Waals surface area (Å²) in [5, 5.41) is 0. The van der Waals surface area contributed by atoms with Crippen molar-refractivity contribution in [1.29, 1.82) is 0 Å². The maximum Gasteiger partial charge on any atom is 0.391 e. The lowest BCUT2D eigenvalue weighted by Crippen LogP contribution is -1.82. The molecular weight excluding hydrogens is 295 g/mol. The number of hydrogen-bond acceptors (Lipinski definition) is 3. The van der Waals surface area contributed by atoms with E-state index in [2.05, 4.69) is 53.1 Å². The number of benzene rings is 3. The van der Waals surface area contributed by atoms with Crippen molar-refractivity contribution < 1.29 is 14.3 Å². The lowest BCUT2D eigenvalue weighted by Gasteiger charge is -2.02. The van der Waals surface area contributed by atoms with Crippen LogP contribution in [0.25, 0.3) is 11.1 Å². The lowest BCUT2D eigenvalue weighted by atomic mass is 10.1. The summed E-state index contributed by atoms with van der Waals surface area (Å²) in [5.74, 6) is 0.471. The van der Waals surface area contributed by atoms with Gasteiger partial charge in [0.05, 0.1) is 0 Å². The summed E-state index contributed by atoms with van der Waals surface area (Å²) in [6, 6.07) is 29.4. The second kappa shape index (κ2) is 8.96. The van der Waals surface area contributed by atoms with Crippen molar-refractivity contribution in [2.75, 3.05) is 0 Å². The summed E-state index contributed by atoms with van der Waals surface area (Å²) in [5.41, 5.74) is 2.55. The standard InChI is InChI=1S/C12H10.C6H7O3P/c1-3-7-11(8-4-1)12-9-5-2-6-10-12;7-10(8)9-6-4-2-1-3-5-6/h1-10H;1-5,7-8H. The second-order valence-electron chi connectivity index (χ2n) is 4.39. The number of hydrogen-bond donors (Lipinski definition) is 2. The van der Waals surface area contributed by atoms with E-state index in [1.165, 1.54) is 11.1 Å². The molecular formula is C18H17O3P. The first-order valence-electron chi connectivity index (χ1n) is 6.77. The average molecular weight is 312 g/mol. The smallest absolute Gasteiger partial charge is 0.391 e. The van der Waals surface area contributed by atoms with Crippen molar-refractivity contribution >= 4 is 8.60 Å². The molecule has 0 aliphatic heterocycles. The van der Waals surface area contributed by atoms with Gasteiger partial charge >= 0.3 is 8.60 Å². The lowest BCUT2D eigenvalue weighted by molar-refractivity contribution is 0.375. The van der Waals surface area contributed by atoms with Crippen LogP contribution in [0.5, 0.6) is 5.75 Å². The van der Waals surface area contributed by atoms with E-state index in [1.54, 1.807) is 24.3 Å². The molecule has 3 aromatic rings. The third-order valence-electron chi connectivity index (χ3n) is 2.81. The molecule has 0 aliphatic rings. The Morgan fingerprint density at radius 2 is 0.909 bits per heavy atom. The molecule has 0 unspecified atom stereocenters. The van der Waals surface area contributed by atoms with E-state index in [4.69, 9.17) is 9.79 Å². The molecule has 3 aromatic carbocycles. The molecule has 0 spiro atoms. The van der Waals surface area contributed by atoms with Crippen LogP contribution in [0.15, 0.2) is 91.0 Å². The van der Waals surface area contributed by atoms with Crippen LogP contribution >= 0.6 is 8.60 Å². The molecule has 0 bridgehead atoms. The Labute approximate surface area is 131 Å². The van der Waals surface area contributed by atoms with Gasteiger partial charge in [0.2, 0.25) is 0 Å². The van der Waals surface area contributed by atoms with Crippen molar-refractivity contribution in [2.45, 2.75) is 0 Å². The molecule has 0 amide bonds. The quantitative estimate of drug-likeness (QED) is 0.693. The highest BCUT2D eigenvalue weighted by molar-refractivity contribution is 7.39. The van der Waals surface area contributed by atoms with Gasteiger partial charge in [-0.05, 0) is 23.3 Å². The van der Waals surface area contributed by atoms with Crippen molar-refractivity contribution in [3.05, 3.63) is 91.0 Å². The van der Waals surface area contributed by atoms with Crippen molar-refractivity contribution in [1.82, 2.24) is 0 Å². The molecule has 22 heavy (non-hydrogen) atoms. The number of para-hydroxylation sites is 1. The SMILES string of the molecule is OP(O)Oc1ccccc1.c1ccc(-c2ccccc2)cc1. The maximum absolute atomic E-state index is 8.40. The van der Waals surface area contributed by atoms with Crippen LogP contribution in [0.2, 0.25) is 0 Å². The third-order valence-corrected chi connectivity index (χ3v) is 3.19. The van der Waals surface area contributed by atoms with E-state index in [0.29, 0.717) is 5.75 Å². The topological polar surface area (TPSA) is 49.7 Å². The molecule has 0 aliphatic carbocycles. The second-order valence-corrected chi connectivity index (χ2v) is 5.08. The summed E-state index contributed by atoms with van der Waals surface area (Å²) < 4.78 is 4.59. The summed E-state index contributed by atoms with van der Waals surface area (Å²) in [6.07, 6.45) is 0.